The number of aryl methyl sites for hydroxylation is 2. The van der Waals surface area contributed by atoms with Gasteiger partial charge in [-0.05, 0) is 51.2 Å². The molecule has 5 aromatic rings. The lowest BCUT2D eigenvalue weighted by molar-refractivity contribution is -0.150. The van der Waals surface area contributed by atoms with Crippen LogP contribution in [0.15, 0.2) is 41.5 Å². The number of carbonyl (C=O) groups excluding carboxylic acids is 2. The molecule has 47 heavy (non-hydrogen) atoms. The number of esters is 1. The average molecular weight is 644 g/mol. The van der Waals surface area contributed by atoms with Gasteiger partial charge in [0.2, 0.25) is 5.95 Å². The summed E-state index contributed by atoms with van der Waals surface area (Å²) in [7, 11) is 1.68. The SMILES string of the molecule is CCn1cc(-c2[nH]c3ncc4c5c3c2-c2ccc(cc2)C(C)CC(=O)O[C@@H]2C[C@H](C[C@@H]2NC(=O)OC(C)(C)C)n5c(=O)n4C)c(F)n1. The molecule has 1 aliphatic carbocycles. The molecule has 1 unspecified atom stereocenters. The summed E-state index contributed by atoms with van der Waals surface area (Å²) in [6, 6.07) is 6.74. The largest absolute Gasteiger partial charge is 0.460 e. The summed E-state index contributed by atoms with van der Waals surface area (Å²) in [4.78, 5) is 48.4. The first-order valence-corrected chi connectivity index (χ1v) is 16.0. The van der Waals surface area contributed by atoms with Crippen molar-refractivity contribution in [3.63, 3.8) is 0 Å². The number of carbonyl (C=O) groups is 2. The van der Waals surface area contributed by atoms with Gasteiger partial charge in [0, 0.05) is 37.8 Å². The number of hydrogen-bond donors (Lipinski definition) is 2. The van der Waals surface area contributed by atoms with E-state index >= 15 is 4.39 Å². The number of halogens is 1. The predicted molar refractivity (Wildman–Crippen MR) is 173 cm³/mol. The minimum absolute atomic E-state index is 0.125. The number of nitrogens with zero attached hydrogens (tertiary/aromatic N) is 5. The van der Waals surface area contributed by atoms with Crippen molar-refractivity contribution in [3.8, 4) is 22.4 Å². The van der Waals surface area contributed by atoms with Gasteiger partial charge in [-0.1, -0.05) is 31.2 Å². The summed E-state index contributed by atoms with van der Waals surface area (Å²) in [5.74, 6) is -1.18. The van der Waals surface area contributed by atoms with Crippen molar-refractivity contribution in [2.45, 2.75) is 90.1 Å². The summed E-state index contributed by atoms with van der Waals surface area (Å²) in [6.45, 7) is 9.65. The molecule has 0 radical (unpaired) electrons. The molecule has 1 saturated carbocycles. The van der Waals surface area contributed by atoms with Gasteiger partial charge in [0.15, 0.2) is 0 Å². The molecule has 0 spiro atoms. The van der Waals surface area contributed by atoms with E-state index in [4.69, 9.17) is 14.5 Å². The molecule has 6 heterocycles. The lowest BCUT2D eigenvalue weighted by Gasteiger charge is -2.25. The van der Waals surface area contributed by atoms with Gasteiger partial charge in [-0.25, -0.2) is 14.6 Å². The Bertz CT molecular complexity index is 2100. The number of amides is 1. The number of H-pyrrole nitrogens is 1. The molecule has 8 rings (SSSR count). The lowest BCUT2D eigenvalue weighted by atomic mass is 9.93. The Kier molecular flexibility index (Phi) is 7.25. The minimum atomic E-state index is -0.729. The minimum Gasteiger partial charge on any atom is -0.460 e. The van der Waals surface area contributed by atoms with Crippen LogP contribution >= 0.6 is 0 Å². The highest BCUT2D eigenvalue weighted by atomic mass is 19.1. The zero-order valence-electron chi connectivity index (χ0n) is 27.3. The van der Waals surface area contributed by atoms with Crippen LogP contribution in [0, 0.1) is 5.95 Å². The van der Waals surface area contributed by atoms with Gasteiger partial charge in [-0.15, -0.1) is 5.10 Å². The van der Waals surface area contributed by atoms with Crippen LogP contribution in [0.25, 0.3) is 44.5 Å². The first-order valence-electron chi connectivity index (χ1n) is 16.0. The summed E-state index contributed by atoms with van der Waals surface area (Å²) in [5.41, 5.74) is 3.86. The second-order valence-electron chi connectivity index (χ2n) is 13.6. The summed E-state index contributed by atoms with van der Waals surface area (Å²) >= 11 is 0. The molecule has 4 bridgehead atoms. The molecular weight excluding hydrogens is 605 g/mol. The molecule has 246 valence electrons. The highest BCUT2D eigenvalue weighted by Gasteiger charge is 2.41. The molecule has 4 atom stereocenters. The third-order valence-electron chi connectivity index (χ3n) is 9.25. The Labute approximate surface area is 269 Å². The first kappa shape index (κ1) is 30.7. The van der Waals surface area contributed by atoms with Crippen LogP contribution in [0.5, 0.6) is 0 Å². The third kappa shape index (κ3) is 5.27. The zero-order chi connectivity index (χ0) is 33.4. The Balaban J connectivity index is 1.49. The standard InChI is InChI=1S/C34H38FN7O5/c1-7-41-16-21(30(35)39-41)28-26-19-10-8-18(9-11-19)17(2)12-25(43)46-24-14-20(13-22(24)37-32(44)47-34(3,4)5)42-29-23(40(6)33(42)45)15-36-31(38-28)27(26)29/h8-11,15-17,20,22,24H,7,12-14H2,1-6H3,(H,36,38)(H,37,44)/t17?,20-,22-,24+/m0/s1. The highest BCUT2D eigenvalue weighted by Crippen LogP contribution is 2.44. The lowest BCUT2D eigenvalue weighted by Crippen LogP contribution is -2.44. The van der Waals surface area contributed by atoms with Gasteiger partial charge in [0.05, 0.1) is 46.3 Å². The van der Waals surface area contributed by atoms with E-state index in [0.717, 1.165) is 11.1 Å². The second-order valence-corrected chi connectivity index (χ2v) is 13.6. The number of aromatic amines is 1. The molecule has 1 aromatic carbocycles. The number of aromatic nitrogens is 6. The van der Waals surface area contributed by atoms with Crippen LogP contribution in [0.1, 0.15) is 71.4 Å². The van der Waals surface area contributed by atoms with Crippen molar-refractivity contribution in [1.82, 2.24) is 34.2 Å². The van der Waals surface area contributed by atoms with Gasteiger partial charge in [0.25, 0.3) is 0 Å². The number of hydrogen-bond acceptors (Lipinski definition) is 7. The van der Waals surface area contributed by atoms with E-state index < -0.39 is 41.8 Å². The van der Waals surface area contributed by atoms with E-state index in [1.165, 1.54) is 9.25 Å². The van der Waals surface area contributed by atoms with E-state index in [9.17, 15) is 14.4 Å². The van der Waals surface area contributed by atoms with E-state index in [1.54, 1.807) is 44.8 Å². The number of ether oxygens (including phenoxy) is 2. The maximum absolute atomic E-state index is 15.4. The number of fused-ring (bicyclic) bond motifs is 5. The van der Waals surface area contributed by atoms with Crippen LogP contribution in [0.2, 0.25) is 0 Å². The number of benzene rings is 1. The van der Waals surface area contributed by atoms with E-state index in [2.05, 4.69) is 15.4 Å². The average Bonchev–Trinajstić information content (AvgIpc) is 3.74. The molecule has 0 saturated heterocycles. The van der Waals surface area contributed by atoms with Gasteiger partial charge in [-0.3, -0.25) is 18.6 Å². The fourth-order valence-electron chi connectivity index (χ4n) is 7.02. The number of alkyl carbamates (subject to hydrolysis) is 1. The van der Waals surface area contributed by atoms with Gasteiger partial charge < -0.3 is 19.8 Å². The van der Waals surface area contributed by atoms with E-state index in [1.807, 2.05) is 38.1 Å². The highest BCUT2D eigenvalue weighted by molar-refractivity contribution is 6.14. The van der Waals surface area contributed by atoms with Crippen LogP contribution < -0.4 is 11.0 Å². The summed E-state index contributed by atoms with van der Waals surface area (Å²) in [6.07, 6.45) is 2.69. The molecular formula is C34H38FN7O5. The van der Waals surface area contributed by atoms with Crippen molar-refractivity contribution in [2.24, 2.45) is 7.05 Å². The van der Waals surface area contributed by atoms with Crippen LogP contribution in [-0.2, 0) is 27.9 Å². The summed E-state index contributed by atoms with van der Waals surface area (Å²) < 4.78 is 31.8. The van der Waals surface area contributed by atoms with Gasteiger partial charge in [-0.2, -0.15) is 4.39 Å². The normalized spacial score (nSPS) is 21.3. The third-order valence-corrected chi connectivity index (χ3v) is 9.25. The smallest absolute Gasteiger partial charge is 0.408 e. The molecule has 13 heteroatoms. The van der Waals surface area contributed by atoms with Crippen LogP contribution in [0.3, 0.4) is 0 Å². The molecule has 2 N–H and O–H groups in total. The molecule has 2 aliphatic heterocycles. The van der Waals surface area contributed by atoms with Crippen molar-refractivity contribution < 1.29 is 23.5 Å². The number of pyridine rings is 1. The fourth-order valence-corrected chi connectivity index (χ4v) is 7.02. The quantitative estimate of drug-likeness (QED) is 0.246. The number of nitrogens with one attached hydrogen (secondary N) is 2. The van der Waals surface area contributed by atoms with Crippen molar-refractivity contribution in [3.05, 3.63) is 58.7 Å². The fraction of sp³-hybridized carbons (Fsp3) is 0.441. The van der Waals surface area contributed by atoms with Gasteiger partial charge in [0.1, 0.15) is 17.4 Å². The van der Waals surface area contributed by atoms with Crippen molar-refractivity contribution in [1.29, 1.82) is 0 Å². The van der Waals surface area contributed by atoms with Crippen LogP contribution in [0.4, 0.5) is 9.18 Å². The second kappa shape index (κ2) is 11.1. The predicted octanol–water partition coefficient (Wildman–Crippen LogP) is 5.55. The number of rotatable bonds is 3. The maximum Gasteiger partial charge on any atom is 0.408 e. The summed E-state index contributed by atoms with van der Waals surface area (Å²) in [5, 5.41) is 7.62. The Morgan fingerprint density at radius 1 is 1.19 bits per heavy atom. The van der Waals surface area contributed by atoms with E-state index in [0.29, 0.717) is 46.3 Å². The molecule has 1 fully saturated rings. The maximum atomic E-state index is 15.4. The van der Waals surface area contributed by atoms with Crippen molar-refractivity contribution in [2.75, 3.05) is 0 Å². The first-order chi connectivity index (χ1) is 22.3. The van der Waals surface area contributed by atoms with Crippen molar-refractivity contribution >= 4 is 34.1 Å². The monoisotopic (exact) mass is 643 g/mol. The van der Waals surface area contributed by atoms with Gasteiger partial charge >= 0.3 is 17.8 Å². The van der Waals surface area contributed by atoms with E-state index in [-0.39, 0.29) is 30.0 Å². The Hall–Kier alpha value is -4.94. The molecule has 4 aromatic heterocycles. The topological polar surface area (TPSA) is 138 Å². The Morgan fingerprint density at radius 2 is 1.94 bits per heavy atom. The number of imidazole rings is 1. The molecule has 12 nitrogen and oxygen atoms in total. The Morgan fingerprint density at radius 3 is 2.62 bits per heavy atom. The van der Waals surface area contributed by atoms with Crippen LogP contribution in [-0.4, -0.2) is 58.7 Å². The molecule has 1 amide bonds. The molecule has 3 aliphatic rings. The zero-order valence-corrected chi connectivity index (χ0v) is 27.3.